The Balaban J connectivity index is 0.00000210. The molecule has 1 aromatic carbocycles. The standard InChI is InChI=1S/C19H25BrN6.HI/c1-21-18(26-9-5-14(6-10-26)17-23-13-24-25-17)22-12-19(7-8-19)15-3-2-4-16(20)11-15;/h2-4,11,13-14H,5-10,12H2,1H3,(H,21,22)(H,23,24,25);1H. The summed E-state index contributed by atoms with van der Waals surface area (Å²) in [6.07, 6.45) is 6.22. The molecule has 2 heterocycles. The molecule has 1 aromatic heterocycles. The molecule has 0 atom stereocenters. The quantitative estimate of drug-likeness (QED) is 0.350. The molecule has 1 saturated heterocycles. The number of likely N-dealkylation sites (tertiary alicyclic amines) is 1. The summed E-state index contributed by atoms with van der Waals surface area (Å²) in [5, 5.41) is 10.6. The minimum absolute atomic E-state index is 0. The van der Waals surface area contributed by atoms with E-state index in [4.69, 9.17) is 0 Å². The summed E-state index contributed by atoms with van der Waals surface area (Å²) in [5.41, 5.74) is 1.68. The number of benzene rings is 1. The fraction of sp³-hybridized carbons (Fsp3) is 0.526. The van der Waals surface area contributed by atoms with Gasteiger partial charge in [-0.1, -0.05) is 28.1 Å². The zero-order chi connectivity index (χ0) is 18.0. The second kappa shape index (κ2) is 8.89. The monoisotopic (exact) mass is 544 g/mol. The third kappa shape index (κ3) is 4.64. The van der Waals surface area contributed by atoms with Crippen molar-refractivity contribution in [1.29, 1.82) is 0 Å². The van der Waals surface area contributed by atoms with Crippen molar-refractivity contribution in [3.05, 3.63) is 46.5 Å². The third-order valence-corrected chi connectivity index (χ3v) is 6.20. The average Bonchev–Trinajstić information content (AvgIpc) is 3.26. The molecule has 8 heteroatoms. The van der Waals surface area contributed by atoms with E-state index in [1.165, 1.54) is 18.4 Å². The lowest BCUT2D eigenvalue weighted by Crippen LogP contribution is -2.47. The van der Waals surface area contributed by atoms with Gasteiger partial charge in [0, 0.05) is 42.5 Å². The molecule has 2 N–H and O–H groups in total. The normalized spacial score (nSPS) is 19.5. The Morgan fingerprint density at radius 2 is 2.15 bits per heavy atom. The van der Waals surface area contributed by atoms with Crippen molar-refractivity contribution in [3.8, 4) is 0 Å². The van der Waals surface area contributed by atoms with Crippen molar-refractivity contribution >= 4 is 45.9 Å². The molecule has 0 unspecified atom stereocenters. The van der Waals surface area contributed by atoms with Gasteiger partial charge < -0.3 is 10.2 Å². The lowest BCUT2D eigenvalue weighted by molar-refractivity contribution is 0.298. The van der Waals surface area contributed by atoms with E-state index in [0.29, 0.717) is 5.92 Å². The van der Waals surface area contributed by atoms with Crippen LogP contribution in [0.25, 0.3) is 0 Å². The first kappa shape index (κ1) is 20.6. The highest BCUT2D eigenvalue weighted by Crippen LogP contribution is 2.48. The van der Waals surface area contributed by atoms with Gasteiger partial charge in [0.25, 0.3) is 0 Å². The van der Waals surface area contributed by atoms with Gasteiger partial charge in [0.1, 0.15) is 12.2 Å². The molecular formula is C19H26BrIN6. The van der Waals surface area contributed by atoms with Crippen molar-refractivity contribution in [1.82, 2.24) is 25.4 Å². The first-order chi connectivity index (χ1) is 12.7. The van der Waals surface area contributed by atoms with Crippen LogP contribution in [0.3, 0.4) is 0 Å². The van der Waals surface area contributed by atoms with Crippen molar-refractivity contribution in [3.63, 3.8) is 0 Å². The van der Waals surface area contributed by atoms with Crippen molar-refractivity contribution in [2.24, 2.45) is 4.99 Å². The molecule has 27 heavy (non-hydrogen) atoms. The van der Waals surface area contributed by atoms with Crippen LogP contribution in [-0.4, -0.2) is 52.7 Å². The first-order valence-corrected chi connectivity index (χ1v) is 10.1. The van der Waals surface area contributed by atoms with E-state index in [1.54, 1.807) is 6.33 Å². The number of nitrogens with one attached hydrogen (secondary N) is 2. The van der Waals surface area contributed by atoms with E-state index < -0.39 is 0 Å². The molecule has 4 rings (SSSR count). The van der Waals surface area contributed by atoms with E-state index in [0.717, 1.165) is 48.7 Å². The lowest BCUT2D eigenvalue weighted by Gasteiger charge is -2.34. The number of H-pyrrole nitrogens is 1. The Morgan fingerprint density at radius 1 is 1.37 bits per heavy atom. The number of guanidine groups is 1. The van der Waals surface area contributed by atoms with Crippen LogP contribution in [0.15, 0.2) is 40.1 Å². The molecule has 2 aliphatic rings. The summed E-state index contributed by atoms with van der Waals surface area (Å²) >= 11 is 3.60. The molecule has 1 saturated carbocycles. The second-order valence-corrected chi connectivity index (χ2v) is 8.24. The fourth-order valence-corrected chi connectivity index (χ4v) is 4.29. The molecule has 146 valence electrons. The summed E-state index contributed by atoms with van der Waals surface area (Å²) in [6.45, 7) is 2.93. The van der Waals surface area contributed by atoms with Gasteiger partial charge in [-0.05, 0) is 43.4 Å². The third-order valence-electron chi connectivity index (χ3n) is 5.70. The van der Waals surface area contributed by atoms with Gasteiger partial charge in [0.2, 0.25) is 0 Å². The summed E-state index contributed by atoms with van der Waals surface area (Å²) in [6, 6.07) is 8.71. The maximum Gasteiger partial charge on any atom is 0.193 e. The highest BCUT2D eigenvalue weighted by Gasteiger charge is 2.44. The molecule has 2 fully saturated rings. The van der Waals surface area contributed by atoms with E-state index in [9.17, 15) is 0 Å². The molecule has 0 radical (unpaired) electrons. The van der Waals surface area contributed by atoms with Gasteiger partial charge in [-0.2, -0.15) is 5.10 Å². The number of aromatic nitrogens is 3. The van der Waals surface area contributed by atoms with Crippen LogP contribution in [0.1, 0.15) is 43.0 Å². The fourth-order valence-electron chi connectivity index (χ4n) is 3.89. The number of rotatable bonds is 4. The second-order valence-electron chi connectivity index (χ2n) is 7.32. The average molecular weight is 545 g/mol. The van der Waals surface area contributed by atoms with Gasteiger partial charge in [0.15, 0.2) is 5.96 Å². The summed E-state index contributed by atoms with van der Waals surface area (Å²) in [7, 11) is 1.88. The molecule has 0 spiro atoms. The molecule has 0 bridgehead atoms. The topological polar surface area (TPSA) is 69.2 Å². The van der Waals surface area contributed by atoms with E-state index in [1.807, 2.05) is 7.05 Å². The number of aromatic amines is 1. The Bertz CT molecular complexity index is 766. The number of piperidine rings is 1. The SMILES string of the molecule is CN=C(NCC1(c2cccc(Br)c2)CC1)N1CCC(c2ncn[nH]2)CC1.I. The Hall–Kier alpha value is -1.16. The van der Waals surface area contributed by atoms with Crippen LogP contribution in [-0.2, 0) is 5.41 Å². The number of aliphatic imine (C=N–C) groups is 1. The lowest BCUT2D eigenvalue weighted by atomic mass is 9.95. The van der Waals surface area contributed by atoms with E-state index in [-0.39, 0.29) is 29.4 Å². The van der Waals surface area contributed by atoms with E-state index >= 15 is 0 Å². The first-order valence-electron chi connectivity index (χ1n) is 9.27. The molecule has 1 aliphatic carbocycles. The number of hydrogen-bond donors (Lipinski definition) is 2. The predicted molar refractivity (Wildman–Crippen MR) is 122 cm³/mol. The smallest absolute Gasteiger partial charge is 0.193 e. The highest BCUT2D eigenvalue weighted by molar-refractivity contribution is 14.0. The Morgan fingerprint density at radius 3 is 2.74 bits per heavy atom. The van der Waals surface area contributed by atoms with Crippen LogP contribution >= 0.6 is 39.9 Å². The molecule has 0 amide bonds. The largest absolute Gasteiger partial charge is 0.355 e. The molecular weight excluding hydrogens is 519 g/mol. The van der Waals surface area contributed by atoms with E-state index in [2.05, 4.69) is 70.6 Å². The van der Waals surface area contributed by atoms with Crippen LogP contribution in [0.2, 0.25) is 0 Å². The van der Waals surface area contributed by atoms with Crippen molar-refractivity contribution < 1.29 is 0 Å². The van der Waals surface area contributed by atoms with Gasteiger partial charge >= 0.3 is 0 Å². The summed E-state index contributed by atoms with van der Waals surface area (Å²) in [5.74, 6) is 2.50. The summed E-state index contributed by atoms with van der Waals surface area (Å²) in [4.78, 5) is 11.2. The van der Waals surface area contributed by atoms with Crippen LogP contribution in [0.4, 0.5) is 0 Å². The van der Waals surface area contributed by atoms with Gasteiger partial charge in [-0.3, -0.25) is 10.1 Å². The highest BCUT2D eigenvalue weighted by atomic mass is 127. The molecule has 2 aromatic rings. The molecule has 1 aliphatic heterocycles. The minimum atomic E-state index is 0. The zero-order valence-corrected chi connectivity index (χ0v) is 19.4. The van der Waals surface area contributed by atoms with Gasteiger partial charge in [-0.15, -0.1) is 24.0 Å². The maximum absolute atomic E-state index is 4.53. The zero-order valence-electron chi connectivity index (χ0n) is 15.5. The van der Waals surface area contributed by atoms with Gasteiger partial charge in [0.05, 0.1) is 0 Å². The number of halogens is 2. The van der Waals surface area contributed by atoms with Crippen LogP contribution in [0, 0.1) is 0 Å². The van der Waals surface area contributed by atoms with Gasteiger partial charge in [-0.25, -0.2) is 4.98 Å². The van der Waals surface area contributed by atoms with Crippen molar-refractivity contribution in [2.45, 2.75) is 37.0 Å². The maximum atomic E-state index is 4.53. The van der Waals surface area contributed by atoms with Crippen molar-refractivity contribution in [2.75, 3.05) is 26.7 Å². The number of nitrogens with zero attached hydrogens (tertiary/aromatic N) is 4. The Kier molecular flexibility index (Phi) is 6.78. The number of hydrogen-bond acceptors (Lipinski definition) is 3. The minimum Gasteiger partial charge on any atom is -0.355 e. The summed E-state index contributed by atoms with van der Waals surface area (Å²) < 4.78 is 1.15. The predicted octanol–water partition coefficient (Wildman–Crippen LogP) is 3.67. The Labute approximate surface area is 185 Å². The van der Waals surface area contributed by atoms with Crippen LogP contribution in [0.5, 0.6) is 0 Å². The molecule has 6 nitrogen and oxygen atoms in total. The van der Waals surface area contributed by atoms with Crippen LogP contribution < -0.4 is 5.32 Å².